The summed E-state index contributed by atoms with van der Waals surface area (Å²) in [4.78, 5) is 12.6. The Labute approximate surface area is 162 Å². The second-order valence-corrected chi connectivity index (χ2v) is 6.98. The van der Waals surface area contributed by atoms with E-state index in [1.54, 1.807) is 30.3 Å². The molecular formula is C21H19Cl2NO2. The minimum Gasteiger partial charge on any atom is -0.451 e. The van der Waals surface area contributed by atoms with Crippen molar-refractivity contribution in [3.63, 3.8) is 0 Å². The topological polar surface area (TPSA) is 42.2 Å². The van der Waals surface area contributed by atoms with Crippen LogP contribution < -0.4 is 5.32 Å². The van der Waals surface area contributed by atoms with Crippen molar-refractivity contribution in [3.8, 4) is 11.3 Å². The SMILES string of the molecule is CC[C@H](C)c1ccccc1NC(=O)c1ccc(-c2cc(Cl)ccc2Cl)o1. The van der Waals surface area contributed by atoms with Gasteiger partial charge in [0.2, 0.25) is 0 Å². The normalized spacial score (nSPS) is 12.0. The number of carbonyl (C=O) groups is 1. The average Bonchev–Trinajstić information content (AvgIpc) is 3.13. The Bertz CT molecular complexity index is 933. The molecule has 5 heteroatoms. The van der Waals surface area contributed by atoms with Gasteiger partial charge in [-0.25, -0.2) is 0 Å². The van der Waals surface area contributed by atoms with Gasteiger partial charge in [-0.3, -0.25) is 4.79 Å². The predicted octanol–water partition coefficient (Wildman–Crippen LogP) is 7.02. The van der Waals surface area contributed by atoms with Gasteiger partial charge in [0.1, 0.15) is 5.76 Å². The third kappa shape index (κ3) is 3.95. The molecule has 0 radical (unpaired) electrons. The number of anilines is 1. The summed E-state index contributed by atoms with van der Waals surface area (Å²) in [6.07, 6.45) is 0.991. The van der Waals surface area contributed by atoms with E-state index in [4.69, 9.17) is 27.6 Å². The van der Waals surface area contributed by atoms with E-state index in [-0.39, 0.29) is 11.7 Å². The van der Waals surface area contributed by atoms with Gasteiger partial charge >= 0.3 is 0 Å². The van der Waals surface area contributed by atoms with Crippen molar-refractivity contribution in [2.45, 2.75) is 26.2 Å². The van der Waals surface area contributed by atoms with Crippen molar-refractivity contribution in [1.29, 1.82) is 0 Å². The molecule has 1 amide bonds. The maximum absolute atomic E-state index is 12.6. The lowest BCUT2D eigenvalue weighted by molar-refractivity contribution is 0.0997. The highest BCUT2D eigenvalue weighted by molar-refractivity contribution is 6.35. The van der Waals surface area contributed by atoms with Crippen LogP contribution in [0.2, 0.25) is 10.0 Å². The fourth-order valence-corrected chi connectivity index (χ4v) is 3.12. The number of rotatable bonds is 5. The Morgan fingerprint density at radius 2 is 1.88 bits per heavy atom. The molecule has 1 aromatic heterocycles. The fourth-order valence-electron chi connectivity index (χ4n) is 2.74. The zero-order valence-electron chi connectivity index (χ0n) is 14.6. The van der Waals surface area contributed by atoms with E-state index in [2.05, 4.69) is 19.2 Å². The van der Waals surface area contributed by atoms with E-state index < -0.39 is 0 Å². The Hall–Kier alpha value is -2.23. The maximum atomic E-state index is 12.6. The van der Waals surface area contributed by atoms with Gasteiger partial charge in [-0.1, -0.05) is 55.2 Å². The molecule has 1 heterocycles. The summed E-state index contributed by atoms with van der Waals surface area (Å²) >= 11 is 12.2. The molecule has 0 saturated heterocycles. The van der Waals surface area contributed by atoms with Gasteiger partial charge in [0.15, 0.2) is 5.76 Å². The Kier molecular flexibility index (Phi) is 5.70. The van der Waals surface area contributed by atoms with Crippen molar-refractivity contribution in [3.05, 3.63) is 76.0 Å². The molecule has 134 valence electrons. The number of para-hydroxylation sites is 1. The molecule has 1 N–H and O–H groups in total. The molecule has 3 nitrogen and oxygen atoms in total. The number of nitrogens with one attached hydrogen (secondary N) is 1. The van der Waals surface area contributed by atoms with Gasteiger partial charge in [0, 0.05) is 16.3 Å². The van der Waals surface area contributed by atoms with Gasteiger partial charge in [0.05, 0.1) is 5.02 Å². The quantitative estimate of drug-likeness (QED) is 0.510. The first kappa shape index (κ1) is 18.6. The summed E-state index contributed by atoms with van der Waals surface area (Å²) in [5.74, 6) is 0.766. The number of amides is 1. The first-order valence-electron chi connectivity index (χ1n) is 8.45. The Morgan fingerprint density at radius 3 is 2.65 bits per heavy atom. The van der Waals surface area contributed by atoms with Gasteiger partial charge in [-0.15, -0.1) is 0 Å². The fraction of sp³-hybridized carbons (Fsp3) is 0.190. The van der Waals surface area contributed by atoms with Crippen LogP contribution in [0.15, 0.2) is 59.0 Å². The molecule has 0 aliphatic heterocycles. The molecule has 26 heavy (non-hydrogen) atoms. The lowest BCUT2D eigenvalue weighted by Crippen LogP contribution is -2.13. The summed E-state index contributed by atoms with van der Waals surface area (Å²) in [7, 11) is 0. The lowest BCUT2D eigenvalue weighted by Gasteiger charge is -2.15. The highest BCUT2D eigenvalue weighted by atomic mass is 35.5. The molecule has 0 bridgehead atoms. The van der Waals surface area contributed by atoms with Crippen LogP contribution in [-0.4, -0.2) is 5.91 Å². The van der Waals surface area contributed by atoms with E-state index in [0.29, 0.717) is 27.3 Å². The monoisotopic (exact) mass is 387 g/mol. The number of halogens is 2. The van der Waals surface area contributed by atoms with Gasteiger partial charge in [-0.05, 0) is 54.3 Å². The lowest BCUT2D eigenvalue weighted by atomic mass is 9.97. The van der Waals surface area contributed by atoms with Gasteiger partial charge in [0.25, 0.3) is 5.91 Å². The van der Waals surface area contributed by atoms with Crippen LogP contribution >= 0.6 is 23.2 Å². The van der Waals surface area contributed by atoms with Crippen LogP contribution in [0.4, 0.5) is 5.69 Å². The number of hydrogen-bond donors (Lipinski definition) is 1. The largest absolute Gasteiger partial charge is 0.451 e. The van der Waals surface area contributed by atoms with E-state index in [9.17, 15) is 4.79 Å². The molecule has 3 rings (SSSR count). The van der Waals surface area contributed by atoms with Gasteiger partial charge in [-0.2, -0.15) is 0 Å². The van der Waals surface area contributed by atoms with Crippen molar-refractivity contribution >= 4 is 34.8 Å². The van der Waals surface area contributed by atoms with Crippen molar-refractivity contribution in [1.82, 2.24) is 0 Å². The average molecular weight is 388 g/mol. The Balaban J connectivity index is 1.85. The molecule has 0 saturated carbocycles. The number of furan rings is 1. The molecule has 0 spiro atoms. The van der Waals surface area contributed by atoms with E-state index in [1.807, 2.05) is 24.3 Å². The van der Waals surface area contributed by atoms with Gasteiger partial charge < -0.3 is 9.73 Å². The first-order valence-corrected chi connectivity index (χ1v) is 9.20. The van der Waals surface area contributed by atoms with Crippen LogP contribution in [0, 0.1) is 0 Å². The second kappa shape index (κ2) is 7.98. The summed E-state index contributed by atoms with van der Waals surface area (Å²) < 4.78 is 5.71. The third-order valence-electron chi connectivity index (χ3n) is 4.38. The molecule has 0 aliphatic carbocycles. The summed E-state index contributed by atoms with van der Waals surface area (Å²) in [6, 6.07) is 16.3. The minimum atomic E-state index is -0.301. The zero-order chi connectivity index (χ0) is 18.7. The standard InChI is InChI=1S/C21H19Cl2NO2/c1-3-13(2)15-6-4-5-7-18(15)24-21(25)20-11-10-19(26-20)16-12-14(22)8-9-17(16)23/h4-13H,3H2,1-2H3,(H,24,25)/t13-/m0/s1. The van der Waals surface area contributed by atoms with Crippen molar-refractivity contribution < 1.29 is 9.21 Å². The molecule has 0 unspecified atom stereocenters. The van der Waals surface area contributed by atoms with E-state index in [1.165, 1.54) is 0 Å². The first-order chi connectivity index (χ1) is 12.5. The highest BCUT2D eigenvalue weighted by Crippen LogP contribution is 2.32. The van der Waals surface area contributed by atoms with Crippen LogP contribution in [0.3, 0.4) is 0 Å². The summed E-state index contributed by atoms with van der Waals surface area (Å²) in [5.41, 5.74) is 2.55. The second-order valence-electron chi connectivity index (χ2n) is 6.14. The number of benzene rings is 2. The number of carbonyl (C=O) groups excluding carboxylic acids is 1. The highest BCUT2D eigenvalue weighted by Gasteiger charge is 2.17. The zero-order valence-corrected chi connectivity index (χ0v) is 16.1. The van der Waals surface area contributed by atoms with Crippen molar-refractivity contribution in [2.75, 3.05) is 5.32 Å². The minimum absolute atomic E-state index is 0.218. The van der Waals surface area contributed by atoms with Crippen LogP contribution in [0.25, 0.3) is 11.3 Å². The molecule has 1 atom stereocenters. The summed E-state index contributed by atoms with van der Waals surface area (Å²) in [6.45, 7) is 4.26. The van der Waals surface area contributed by atoms with Crippen LogP contribution in [0.5, 0.6) is 0 Å². The van der Waals surface area contributed by atoms with Crippen LogP contribution in [-0.2, 0) is 0 Å². The van der Waals surface area contributed by atoms with E-state index in [0.717, 1.165) is 17.7 Å². The molecule has 2 aromatic carbocycles. The third-order valence-corrected chi connectivity index (χ3v) is 4.94. The summed E-state index contributed by atoms with van der Waals surface area (Å²) in [5, 5.41) is 4.00. The maximum Gasteiger partial charge on any atom is 0.291 e. The predicted molar refractivity (Wildman–Crippen MR) is 107 cm³/mol. The molecular weight excluding hydrogens is 369 g/mol. The number of hydrogen-bond acceptors (Lipinski definition) is 2. The smallest absolute Gasteiger partial charge is 0.291 e. The van der Waals surface area contributed by atoms with E-state index >= 15 is 0 Å². The molecule has 3 aromatic rings. The Morgan fingerprint density at radius 1 is 1.12 bits per heavy atom. The molecule has 0 aliphatic rings. The van der Waals surface area contributed by atoms with Crippen LogP contribution in [0.1, 0.15) is 42.3 Å². The van der Waals surface area contributed by atoms with Crippen molar-refractivity contribution in [2.24, 2.45) is 0 Å². The molecule has 0 fully saturated rings.